The van der Waals surface area contributed by atoms with Gasteiger partial charge in [-0.05, 0) is 12.1 Å². The number of benzene rings is 1. The van der Waals surface area contributed by atoms with E-state index in [-0.39, 0.29) is 12.2 Å². The number of Topliss-reactive ketones (excluding diaryl/α,β-unsaturated/α-hetero) is 1. The molecule has 0 aliphatic carbocycles. The molecule has 18 heavy (non-hydrogen) atoms. The number of anilines is 1. The van der Waals surface area contributed by atoms with Crippen LogP contribution < -0.4 is 5.73 Å². The van der Waals surface area contributed by atoms with Crippen molar-refractivity contribution in [3.05, 3.63) is 53.3 Å². The Labute approximate surface area is 108 Å². The van der Waals surface area contributed by atoms with E-state index >= 15 is 0 Å². The number of imidazole rings is 1. The SMILES string of the molecule is Nc1ccccc1C(=O)Cc1cn2ccsc2n1. The van der Waals surface area contributed by atoms with E-state index in [0.717, 1.165) is 10.7 Å². The normalized spacial score (nSPS) is 10.9. The first-order valence-corrected chi connectivity index (χ1v) is 6.41. The van der Waals surface area contributed by atoms with Crippen LogP contribution in [0.2, 0.25) is 0 Å². The Bertz CT molecular complexity index is 685. The molecule has 0 amide bonds. The Hall–Kier alpha value is -2.14. The summed E-state index contributed by atoms with van der Waals surface area (Å²) in [4.78, 5) is 17.4. The third-order valence-electron chi connectivity index (χ3n) is 2.75. The molecule has 1 aromatic carbocycles. The fraction of sp³-hybridized carbons (Fsp3) is 0.0769. The Morgan fingerprint density at radius 3 is 3.00 bits per heavy atom. The van der Waals surface area contributed by atoms with Gasteiger partial charge in [-0.3, -0.25) is 9.20 Å². The van der Waals surface area contributed by atoms with E-state index in [1.165, 1.54) is 0 Å². The summed E-state index contributed by atoms with van der Waals surface area (Å²) in [5.41, 5.74) is 7.64. The predicted molar refractivity (Wildman–Crippen MR) is 72.0 cm³/mol. The fourth-order valence-corrected chi connectivity index (χ4v) is 2.59. The van der Waals surface area contributed by atoms with E-state index in [2.05, 4.69) is 4.98 Å². The van der Waals surface area contributed by atoms with Crippen LogP contribution in [0.15, 0.2) is 42.0 Å². The van der Waals surface area contributed by atoms with E-state index in [0.29, 0.717) is 11.3 Å². The molecule has 3 aromatic rings. The molecule has 0 atom stereocenters. The summed E-state index contributed by atoms with van der Waals surface area (Å²) in [6, 6.07) is 7.11. The average Bonchev–Trinajstić information content (AvgIpc) is 2.90. The standard InChI is InChI=1S/C13H11N3OS/c14-11-4-2-1-3-10(11)12(17)7-9-8-16-5-6-18-13(16)15-9/h1-6,8H,7,14H2. The number of nitrogen functional groups attached to an aromatic ring is 1. The third-order valence-corrected chi connectivity index (χ3v) is 3.52. The van der Waals surface area contributed by atoms with Crippen molar-refractivity contribution in [1.82, 2.24) is 9.38 Å². The lowest BCUT2D eigenvalue weighted by atomic mass is 10.1. The van der Waals surface area contributed by atoms with Crippen LogP contribution in [0.25, 0.3) is 4.96 Å². The molecule has 0 saturated heterocycles. The largest absolute Gasteiger partial charge is 0.398 e. The number of rotatable bonds is 3. The number of nitrogens with zero attached hydrogens (tertiary/aromatic N) is 2. The number of hydrogen-bond acceptors (Lipinski definition) is 4. The molecule has 2 aromatic heterocycles. The van der Waals surface area contributed by atoms with Crippen molar-refractivity contribution in [2.24, 2.45) is 0 Å². The van der Waals surface area contributed by atoms with Gasteiger partial charge in [0.05, 0.1) is 12.1 Å². The summed E-state index contributed by atoms with van der Waals surface area (Å²) in [5, 5.41) is 1.96. The lowest BCUT2D eigenvalue weighted by molar-refractivity contribution is 0.0993. The zero-order valence-corrected chi connectivity index (χ0v) is 10.4. The maximum Gasteiger partial charge on any atom is 0.193 e. The van der Waals surface area contributed by atoms with E-state index in [4.69, 9.17) is 5.73 Å². The first kappa shape index (κ1) is 11.0. The summed E-state index contributed by atoms with van der Waals surface area (Å²) < 4.78 is 1.92. The highest BCUT2D eigenvalue weighted by Crippen LogP contribution is 2.16. The highest BCUT2D eigenvalue weighted by Gasteiger charge is 2.12. The average molecular weight is 257 g/mol. The zero-order chi connectivity index (χ0) is 12.5. The quantitative estimate of drug-likeness (QED) is 0.579. The molecule has 2 N–H and O–H groups in total. The van der Waals surface area contributed by atoms with Crippen molar-refractivity contribution in [2.45, 2.75) is 6.42 Å². The van der Waals surface area contributed by atoms with E-state index in [1.807, 2.05) is 34.3 Å². The Morgan fingerprint density at radius 2 is 2.22 bits per heavy atom. The second-order valence-corrected chi connectivity index (χ2v) is 4.89. The lowest BCUT2D eigenvalue weighted by Gasteiger charge is -2.02. The summed E-state index contributed by atoms with van der Waals surface area (Å²) in [5.74, 6) is -0.00106. The maximum atomic E-state index is 12.1. The molecule has 5 heteroatoms. The van der Waals surface area contributed by atoms with Gasteiger partial charge in [0.1, 0.15) is 0 Å². The van der Waals surface area contributed by atoms with Crippen LogP contribution in [-0.4, -0.2) is 15.2 Å². The molecule has 0 saturated carbocycles. The highest BCUT2D eigenvalue weighted by molar-refractivity contribution is 7.15. The third kappa shape index (κ3) is 1.89. The van der Waals surface area contributed by atoms with Crippen molar-refractivity contribution in [3.63, 3.8) is 0 Å². The molecule has 0 spiro atoms. The van der Waals surface area contributed by atoms with Crippen molar-refractivity contribution >= 4 is 27.8 Å². The fourth-order valence-electron chi connectivity index (χ4n) is 1.87. The van der Waals surface area contributed by atoms with Gasteiger partial charge in [-0.25, -0.2) is 4.98 Å². The number of carbonyl (C=O) groups excluding carboxylic acids is 1. The van der Waals surface area contributed by atoms with Crippen LogP contribution in [-0.2, 0) is 6.42 Å². The number of carbonyl (C=O) groups is 1. The number of thiazole rings is 1. The van der Waals surface area contributed by atoms with Crippen LogP contribution in [0.3, 0.4) is 0 Å². The van der Waals surface area contributed by atoms with Crippen LogP contribution in [0.1, 0.15) is 16.1 Å². The van der Waals surface area contributed by atoms with Crippen molar-refractivity contribution in [1.29, 1.82) is 0 Å². The summed E-state index contributed by atoms with van der Waals surface area (Å²) >= 11 is 1.55. The van der Waals surface area contributed by atoms with E-state index in [1.54, 1.807) is 23.5 Å². The number of para-hydroxylation sites is 1. The first-order chi connectivity index (χ1) is 8.74. The molecule has 0 aliphatic heterocycles. The minimum absolute atomic E-state index is 0.00106. The molecule has 0 aliphatic rings. The molecule has 3 rings (SSSR count). The van der Waals surface area contributed by atoms with Gasteiger partial charge in [-0.15, -0.1) is 11.3 Å². The van der Waals surface area contributed by atoms with Gasteiger partial charge in [-0.1, -0.05) is 12.1 Å². The van der Waals surface area contributed by atoms with Gasteiger partial charge in [-0.2, -0.15) is 0 Å². The molecule has 0 bridgehead atoms. The maximum absolute atomic E-state index is 12.1. The van der Waals surface area contributed by atoms with Gasteiger partial charge in [0.25, 0.3) is 0 Å². The molecule has 90 valence electrons. The molecule has 4 nitrogen and oxygen atoms in total. The topological polar surface area (TPSA) is 60.4 Å². The van der Waals surface area contributed by atoms with E-state index < -0.39 is 0 Å². The zero-order valence-electron chi connectivity index (χ0n) is 9.54. The van der Waals surface area contributed by atoms with Crippen molar-refractivity contribution in [2.75, 3.05) is 5.73 Å². The highest BCUT2D eigenvalue weighted by atomic mass is 32.1. The molecular weight excluding hydrogens is 246 g/mol. The molecule has 2 heterocycles. The van der Waals surface area contributed by atoms with Crippen LogP contribution >= 0.6 is 11.3 Å². The Morgan fingerprint density at radius 1 is 1.39 bits per heavy atom. The number of hydrogen-bond donors (Lipinski definition) is 1. The predicted octanol–water partition coefficient (Wildman–Crippen LogP) is 2.40. The molecule has 0 fully saturated rings. The number of fused-ring (bicyclic) bond motifs is 1. The number of aromatic nitrogens is 2. The summed E-state index contributed by atoms with van der Waals surface area (Å²) in [7, 11) is 0. The van der Waals surface area contributed by atoms with Gasteiger partial charge in [0.2, 0.25) is 0 Å². The van der Waals surface area contributed by atoms with Crippen LogP contribution in [0.4, 0.5) is 5.69 Å². The van der Waals surface area contributed by atoms with Gasteiger partial charge >= 0.3 is 0 Å². The molecule has 0 radical (unpaired) electrons. The van der Waals surface area contributed by atoms with E-state index in [9.17, 15) is 4.79 Å². The van der Waals surface area contributed by atoms with Crippen molar-refractivity contribution in [3.8, 4) is 0 Å². The Balaban J connectivity index is 1.87. The van der Waals surface area contributed by atoms with Gasteiger partial charge in [0.15, 0.2) is 10.7 Å². The summed E-state index contributed by atoms with van der Waals surface area (Å²) in [6.45, 7) is 0. The number of ketones is 1. The minimum atomic E-state index is -0.00106. The molecule has 0 unspecified atom stereocenters. The van der Waals surface area contributed by atoms with Gasteiger partial charge < -0.3 is 5.73 Å². The minimum Gasteiger partial charge on any atom is -0.398 e. The van der Waals surface area contributed by atoms with Crippen molar-refractivity contribution < 1.29 is 4.79 Å². The van der Waals surface area contributed by atoms with Gasteiger partial charge in [0, 0.05) is 29.0 Å². The lowest BCUT2D eigenvalue weighted by Crippen LogP contribution is -2.06. The molecular formula is C13H11N3OS. The Kier molecular flexibility index (Phi) is 2.60. The van der Waals surface area contributed by atoms with Crippen LogP contribution in [0, 0.1) is 0 Å². The monoisotopic (exact) mass is 257 g/mol. The summed E-state index contributed by atoms with van der Waals surface area (Å²) in [6.07, 6.45) is 4.09. The first-order valence-electron chi connectivity index (χ1n) is 5.53. The second kappa shape index (κ2) is 4.27. The number of nitrogens with two attached hydrogens (primary N) is 1. The second-order valence-electron chi connectivity index (χ2n) is 4.01. The smallest absolute Gasteiger partial charge is 0.193 e. The van der Waals surface area contributed by atoms with Crippen LogP contribution in [0.5, 0.6) is 0 Å².